The van der Waals surface area contributed by atoms with E-state index in [1.165, 1.54) is 6.20 Å². The van der Waals surface area contributed by atoms with E-state index >= 15 is 0 Å². The molecule has 0 saturated carbocycles. The summed E-state index contributed by atoms with van der Waals surface area (Å²) in [5.41, 5.74) is 2.23. The molecule has 0 aliphatic carbocycles. The Hall–Kier alpha value is -4.69. The van der Waals surface area contributed by atoms with Crippen LogP contribution in [-0.4, -0.2) is 80.0 Å². The lowest BCUT2D eigenvalue weighted by Gasteiger charge is -2.56. The first kappa shape index (κ1) is 25.6. The van der Waals surface area contributed by atoms with Gasteiger partial charge in [0.1, 0.15) is 24.2 Å². The van der Waals surface area contributed by atoms with Crippen LogP contribution in [0.3, 0.4) is 0 Å². The van der Waals surface area contributed by atoms with Crippen molar-refractivity contribution in [2.45, 2.75) is 38.0 Å². The van der Waals surface area contributed by atoms with Gasteiger partial charge < -0.3 is 24.4 Å². The topological polar surface area (TPSA) is 129 Å². The molecular weight excluding hydrogens is 510 g/mol. The number of aromatic nitrogens is 4. The van der Waals surface area contributed by atoms with Crippen molar-refractivity contribution in [1.29, 1.82) is 5.26 Å². The molecule has 3 aliphatic rings. The number of nitriles is 1. The van der Waals surface area contributed by atoms with E-state index in [9.17, 15) is 15.2 Å². The maximum atomic E-state index is 13.0. The Balaban J connectivity index is 1.21. The van der Waals surface area contributed by atoms with Crippen LogP contribution in [0.1, 0.15) is 36.2 Å². The number of carbonyl (C=O) groups excluding carboxylic acids is 1. The molecule has 0 aromatic carbocycles. The van der Waals surface area contributed by atoms with Crippen LogP contribution in [0.4, 0.5) is 5.82 Å². The molecule has 11 nitrogen and oxygen atoms in total. The highest BCUT2D eigenvalue weighted by atomic mass is 16.5. The number of piperazine rings is 1. The van der Waals surface area contributed by atoms with Gasteiger partial charge in [0.25, 0.3) is 5.91 Å². The number of anilines is 1. The quantitative estimate of drug-likeness (QED) is 0.377. The zero-order valence-electron chi connectivity index (χ0n) is 22.5. The van der Waals surface area contributed by atoms with Crippen LogP contribution in [0.15, 0.2) is 55.1 Å². The molecule has 7 rings (SSSR count). The lowest BCUT2D eigenvalue weighted by molar-refractivity contribution is 0.0283. The fourth-order valence-corrected chi connectivity index (χ4v) is 5.40. The minimum atomic E-state index is -0.999. The van der Waals surface area contributed by atoms with Crippen LogP contribution in [0.2, 0.25) is 0 Å². The summed E-state index contributed by atoms with van der Waals surface area (Å²) < 4.78 is 12.5. The SMILES string of the molecule is COc1ccc(C(=O)N2CC3CC(C2)N3c2ccc(-c3cc(OCC(C)(C)O)cn4ncc(C#N)c34)cn2)cn1. The minimum absolute atomic E-state index is 0.0300. The number of hydrogen-bond acceptors (Lipinski definition) is 9. The maximum absolute atomic E-state index is 13.0. The Labute approximate surface area is 231 Å². The number of rotatable bonds is 7. The molecule has 3 fully saturated rings. The average Bonchev–Trinajstić information content (AvgIpc) is 3.38. The number of nitrogens with zero attached hydrogens (tertiary/aromatic N) is 7. The van der Waals surface area contributed by atoms with Crippen molar-refractivity contribution in [2.24, 2.45) is 0 Å². The molecule has 2 unspecified atom stereocenters. The fourth-order valence-electron chi connectivity index (χ4n) is 5.40. The molecule has 1 N–H and O–H groups in total. The van der Waals surface area contributed by atoms with Gasteiger partial charge in [0.05, 0.1) is 53.8 Å². The van der Waals surface area contributed by atoms with Crippen molar-refractivity contribution in [3.63, 3.8) is 0 Å². The predicted octanol–water partition coefficient (Wildman–Crippen LogP) is 2.92. The number of methoxy groups -OCH3 is 1. The van der Waals surface area contributed by atoms with Crippen molar-refractivity contribution in [1.82, 2.24) is 24.5 Å². The molecule has 3 saturated heterocycles. The lowest BCUT2D eigenvalue weighted by Crippen LogP contribution is -2.70. The van der Waals surface area contributed by atoms with E-state index in [1.807, 2.05) is 23.1 Å². The second kappa shape index (κ2) is 9.81. The van der Waals surface area contributed by atoms with Gasteiger partial charge in [0.15, 0.2) is 0 Å². The Morgan fingerprint density at radius 3 is 2.58 bits per heavy atom. The number of fused-ring (bicyclic) bond motifs is 3. The number of pyridine rings is 3. The Morgan fingerprint density at radius 2 is 1.95 bits per heavy atom. The first-order valence-corrected chi connectivity index (χ1v) is 13.0. The van der Waals surface area contributed by atoms with Crippen LogP contribution in [-0.2, 0) is 0 Å². The molecule has 0 spiro atoms. The van der Waals surface area contributed by atoms with E-state index < -0.39 is 5.60 Å². The normalized spacial score (nSPS) is 18.3. The van der Waals surface area contributed by atoms with Crippen molar-refractivity contribution < 1.29 is 19.4 Å². The van der Waals surface area contributed by atoms with Crippen molar-refractivity contribution in [3.8, 4) is 28.8 Å². The number of aliphatic hydroxyl groups is 1. The molecule has 11 heteroatoms. The molecule has 3 aliphatic heterocycles. The summed E-state index contributed by atoms with van der Waals surface area (Å²) in [4.78, 5) is 26.1. The van der Waals surface area contributed by atoms with Gasteiger partial charge in [-0.2, -0.15) is 10.4 Å². The Morgan fingerprint density at radius 1 is 1.15 bits per heavy atom. The molecule has 0 radical (unpaired) electrons. The van der Waals surface area contributed by atoms with Crippen molar-refractivity contribution in [2.75, 3.05) is 31.7 Å². The second-order valence-electron chi connectivity index (χ2n) is 10.8. The first-order chi connectivity index (χ1) is 19.2. The van der Waals surface area contributed by atoms with Gasteiger partial charge in [0, 0.05) is 42.7 Å². The van der Waals surface area contributed by atoms with Gasteiger partial charge in [-0.05, 0) is 44.5 Å². The zero-order valence-corrected chi connectivity index (χ0v) is 22.5. The summed E-state index contributed by atoms with van der Waals surface area (Å²) in [6.45, 7) is 4.69. The van der Waals surface area contributed by atoms with Crippen LogP contribution in [0, 0.1) is 11.3 Å². The smallest absolute Gasteiger partial charge is 0.255 e. The van der Waals surface area contributed by atoms with Gasteiger partial charge >= 0.3 is 0 Å². The van der Waals surface area contributed by atoms with Crippen LogP contribution < -0.4 is 14.4 Å². The average molecular weight is 540 g/mol. The van der Waals surface area contributed by atoms with E-state index in [2.05, 4.69) is 21.1 Å². The molecule has 4 aromatic heterocycles. The Bertz CT molecular complexity index is 1590. The highest BCUT2D eigenvalue weighted by Gasteiger charge is 2.46. The molecule has 2 atom stereocenters. The monoisotopic (exact) mass is 539 g/mol. The summed E-state index contributed by atoms with van der Waals surface area (Å²) in [7, 11) is 1.55. The van der Waals surface area contributed by atoms with E-state index in [0.717, 1.165) is 23.4 Å². The summed E-state index contributed by atoms with van der Waals surface area (Å²) >= 11 is 0. The number of piperidine rings is 1. The molecule has 204 valence electrons. The molecule has 2 bridgehead atoms. The molecule has 4 aromatic rings. The van der Waals surface area contributed by atoms with Gasteiger partial charge in [-0.1, -0.05) is 0 Å². The van der Waals surface area contributed by atoms with Gasteiger partial charge in [-0.3, -0.25) is 4.79 Å². The first-order valence-electron chi connectivity index (χ1n) is 13.0. The van der Waals surface area contributed by atoms with Gasteiger partial charge in [-0.25, -0.2) is 14.5 Å². The highest BCUT2D eigenvalue weighted by molar-refractivity contribution is 5.94. The van der Waals surface area contributed by atoms with E-state index in [1.54, 1.807) is 56.2 Å². The van der Waals surface area contributed by atoms with Crippen LogP contribution in [0.25, 0.3) is 16.6 Å². The third-order valence-corrected chi connectivity index (χ3v) is 7.30. The molecule has 40 heavy (non-hydrogen) atoms. The maximum Gasteiger partial charge on any atom is 0.255 e. The zero-order chi connectivity index (χ0) is 28.0. The molecule has 1 amide bonds. The molecule has 7 heterocycles. The van der Waals surface area contributed by atoms with Crippen LogP contribution >= 0.6 is 0 Å². The largest absolute Gasteiger partial charge is 0.489 e. The van der Waals surface area contributed by atoms with E-state index in [4.69, 9.17) is 14.5 Å². The standard InChI is InChI=1S/C29H29N7O4/c1-29(2,38)17-40-23-9-24(27-20(10-30)13-33-35(27)16-23)18-4-6-25(31-11-18)36-21-8-22(36)15-34(14-21)28(37)19-5-7-26(39-3)32-12-19/h4-7,9,11-13,16,21-22,38H,8,14-15,17H2,1-3H3. The Kier molecular flexibility index (Phi) is 6.27. The number of ether oxygens (including phenoxy) is 2. The van der Waals surface area contributed by atoms with Crippen molar-refractivity contribution in [3.05, 3.63) is 66.2 Å². The number of carbonyl (C=O) groups is 1. The highest BCUT2D eigenvalue weighted by Crippen LogP contribution is 2.38. The minimum Gasteiger partial charge on any atom is -0.489 e. The van der Waals surface area contributed by atoms with Gasteiger partial charge in [-0.15, -0.1) is 0 Å². The third-order valence-electron chi connectivity index (χ3n) is 7.30. The predicted molar refractivity (Wildman–Crippen MR) is 146 cm³/mol. The molecular formula is C29H29N7O4. The summed E-state index contributed by atoms with van der Waals surface area (Å²) in [6.07, 6.45) is 7.58. The third kappa shape index (κ3) is 4.67. The van der Waals surface area contributed by atoms with Gasteiger partial charge in [0.2, 0.25) is 5.88 Å². The number of amides is 1. The summed E-state index contributed by atoms with van der Waals surface area (Å²) in [5.74, 6) is 1.82. The second-order valence-corrected chi connectivity index (χ2v) is 10.8. The van der Waals surface area contributed by atoms with E-state index in [0.29, 0.717) is 41.4 Å². The van der Waals surface area contributed by atoms with Crippen LogP contribution in [0.5, 0.6) is 11.6 Å². The van der Waals surface area contributed by atoms with E-state index in [-0.39, 0.29) is 24.6 Å². The fraction of sp³-hybridized carbons (Fsp3) is 0.345. The summed E-state index contributed by atoms with van der Waals surface area (Å²) in [6, 6.07) is 11.8. The number of hydrogen-bond donors (Lipinski definition) is 1. The summed E-state index contributed by atoms with van der Waals surface area (Å²) in [5, 5.41) is 24.1. The lowest BCUT2D eigenvalue weighted by atomic mass is 9.87. The van der Waals surface area contributed by atoms with Crippen molar-refractivity contribution >= 4 is 17.2 Å².